The molecule has 0 aromatic carbocycles. The largest absolute Gasteiger partial charge is 0.450 e. The Kier molecular flexibility index (Phi) is 5.49. The van der Waals surface area contributed by atoms with Crippen LogP contribution in [0.1, 0.15) is 39.5 Å². The van der Waals surface area contributed by atoms with Gasteiger partial charge in [0, 0.05) is 31.7 Å². The van der Waals surface area contributed by atoms with E-state index < -0.39 is 0 Å². The van der Waals surface area contributed by atoms with Gasteiger partial charge in [0.1, 0.15) is 0 Å². The molecular formula is C14H26N4O2. The molecular weight excluding hydrogens is 256 g/mol. The zero-order valence-corrected chi connectivity index (χ0v) is 12.5. The number of nitrogens with zero attached hydrogens (tertiary/aromatic N) is 2. The summed E-state index contributed by atoms with van der Waals surface area (Å²) in [7, 11) is 0. The van der Waals surface area contributed by atoms with Gasteiger partial charge >= 0.3 is 6.09 Å². The fourth-order valence-corrected chi connectivity index (χ4v) is 2.33. The summed E-state index contributed by atoms with van der Waals surface area (Å²) in [5.41, 5.74) is 0. The molecule has 0 bridgehead atoms. The molecule has 20 heavy (non-hydrogen) atoms. The molecule has 6 nitrogen and oxygen atoms in total. The summed E-state index contributed by atoms with van der Waals surface area (Å²) in [6.07, 6.45) is 4.17. The van der Waals surface area contributed by atoms with Crippen LogP contribution in [0.2, 0.25) is 0 Å². The zero-order valence-electron chi connectivity index (χ0n) is 12.5. The molecule has 0 aromatic rings. The molecule has 1 heterocycles. The molecule has 2 N–H and O–H groups in total. The maximum absolute atomic E-state index is 11.6. The molecule has 0 radical (unpaired) electrons. The fourth-order valence-electron chi connectivity index (χ4n) is 2.33. The molecule has 1 amide bonds. The van der Waals surface area contributed by atoms with E-state index in [0.717, 1.165) is 38.4 Å². The highest BCUT2D eigenvalue weighted by Gasteiger charge is 2.26. The normalized spacial score (nSPS) is 20.7. The van der Waals surface area contributed by atoms with Crippen molar-refractivity contribution in [1.29, 1.82) is 0 Å². The topological polar surface area (TPSA) is 66.0 Å². The van der Waals surface area contributed by atoms with Crippen LogP contribution in [0.4, 0.5) is 4.79 Å². The number of ether oxygens (including phenoxy) is 1. The van der Waals surface area contributed by atoms with E-state index in [-0.39, 0.29) is 6.09 Å². The van der Waals surface area contributed by atoms with Crippen molar-refractivity contribution in [3.05, 3.63) is 0 Å². The number of carbonyl (C=O) groups excluding carboxylic acids is 1. The highest BCUT2D eigenvalue weighted by Crippen LogP contribution is 2.18. The Hall–Kier alpha value is -1.46. The highest BCUT2D eigenvalue weighted by atomic mass is 16.6. The average molecular weight is 282 g/mol. The third-order valence-corrected chi connectivity index (χ3v) is 3.60. The van der Waals surface area contributed by atoms with Crippen LogP contribution in [0.25, 0.3) is 0 Å². The second kappa shape index (κ2) is 7.36. The molecule has 1 aliphatic heterocycles. The van der Waals surface area contributed by atoms with Crippen molar-refractivity contribution in [2.24, 2.45) is 4.99 Å². The maximum Gasteiger partial charge on any atom is 0.409 e. The van der Waals surface area contributed by atoms with Crippen molar-refractivity contribution in [2.45, 2.75) is 51.6 Å². The first-order chi connectivity index (χ1) is 9.72. The third kappa shape index (κ3) is 4.58. The summed E-state index contributed by atoms with van der Waals surface area (Å²) in [6.45, 7) is 6.60. The number of amides is 1. The number of piperidine rings is 1. The standard InChI is InChI=1S/C14H26N4O2/c1-3-15-13(16-11-5-6-11)17-12-7-9-18(10-8-12)14(19)20-4-2/h11-12H,3-10H2,1-2H3,(H2,15,16,17). The van der Waals surface area contributed by atoms with Gasteiger partial charge in [-0.05, 0) is 39.5 Å². The minimum absolute atomic E-state index is 0.190. The monoisotopic (exact) mass is 282 g/mol. The van der Waals surface area contributed by atoms with Crippen molar-refractivity contribution >= 4 is 12.1 Å². The first kappa shape index (κ1) is 14.9. The molecule has 2 aliphatic rings. The van der Waals surface area contributed by atoms with Crippen LogP contribution in [-0.4, -0.2) is 55.3 Å². The van der Waals surface area contributed by atoms with E-state index in [1.54, 1.807) is 4.90 Å². The van der Waals surface area contributed by atoms with E-state index in [1.165, 1.54) is 12.8 Å². The number of hydrogen-bond acceptors (Lipinski definition) is 3. The van der Waals surface area contributed by atoms with Gasteiger partial charge in [-0.3, -0.25) is 4.99 Å². The van der Waals surface area contributed by atoms with Crippen molar-refractivity contribution in [3.63, 3.8) is 0 Å². The van der Waals surface area contributed by atoms with Crippen LogP contribution in [0.5, 0.6) is 0 Å². The van der Waals surface area contributed by atoms with Crippen LogP contribution < -0.4 is 10.6 Å². The molecule has 1 saturated heterocycles. The number of hydrogen-bond donors (Lipinski definition) is 2. The van der Waals surface area contributed by atoms with Gasteiger partial charge in [0.05, 0.1) is 6.61 Å². The van der Waals surface area contributed by atoms with E-state index in [1.807, 2.05) is 13.8 Å². The van der Waals surface area contributed by atoms with Crippen LogP contribution in [0.15, 0.2) is 4.99 Å². The minimum Gasteiger partial charge on any atom is -0.450 e. The molecule has 2 rings (SSSR count). The summed E-state index contributed by atoms with van der Waals surface area (Å²) >= 11 is 0. The zero-order chi connectivity index (χ0) is 14.4. The lowest BCUT2D eigenvalue weighted by Crippen LogP contribution is -2.50. The van der Waals surface area contributed by atoms with Gasteiger partial charge in [0.2, 0.25) is 0 Å². The van der Waals surface area contributed by atoms with E-state index in [9.17, 15) is 4.79 Å². The van der Waals surface area contributed by atoms with E-state index in [0.29, 0.717) is 18.7 Å². The first-order valence-electron chi connectivity index (χ1n) is 7.72. The Labute approximate surface area is 121 Å². The maximum atomic E-state index is 11.6. The highest BCUT2D eigenvalue weighted by molar-refractivity contribution is 5.80. The molecule has 114 valence electrons. The summed E-state index contributed by atoms with van der Waals surface area (Å²) in [6, 6.07) is 0.990. The Bertz CT molecular complexity index is 347. The second-order valence-electron chi connectivity index (χ2n) is 5.35. The van der Waals surface area contributed by atoms with Crippen LogP contribution in [0, 0.1) is 0 Å². The van der Waals surface area contributed by atoms with E-state index >= 15 is 0 Å². The minimum atomic E-state index is -0.190. The van der Waals surface area contributed by atoms with Crippen molar-refractivity contribution in [3.8, 4) is 0 Å². The molecule has 1 aliphatic carbocycles. The number of nitrogens with one attached hydrogen (secondary N) is 2. The number of guanidine groups is 1. The van der Waals surface area contributed by atoms with Crippen molar-refractivity contribution in [2.75, 3.05) is 26.2 Å². The molecule has 0 atom stereocenters. The van der Waals surface area contributed by atoms with Gasteiger partial charge in [-0.15, -0.1) is 0 Å². The van der Waals surface area contributed by atoms with Gasteiger partial charge in [0.15, 0.2) is 5.96 Å². The lowest BCUT2D eigenvalue weighted by Gasteiger charge is -2.32. The Morgan fingerprint density at radius 2 is 1.75 bits per heavy atom. The molecule has 0 unspecified atom stereocenters. The van der Waals surface area contributed by atoms with Crippen molar-refractivity contribution < 1.29 is 9.53 Å². The van der Waals surface area contributed by atoms with Gasteiger partial charge in [-0.2, -0.15) is 0 Å². The predicted molar refractivity (Wildman–Crippen MR) is 78.9 cm³/mol. The van der Waals surface area contributed by atoms with Crippen LogP contribution >= 0.6 is 0 Å². The Morgan fingerprint density at radius 3 is 2.25 bits per heavy atom. The molecule has 1 saturated carbocycles. The van der Waals surface area contributed by atoms with Gasteiger partial charge < -0.3 is 20.3 Å². The summed E-state index contributed by atoms with van der Waals surface area (Å²) in [4.78, 5) is 17.9. The Morgan fingerprint density at radius 1 is 1.15 bits per heavy atom. The summed E-state index contributed by atoms with van der Waals surface area (Å²) in [5.74, 6) is 0.921. The summed E-state index contributed by atoms with van der Waals surface area (Å²) in [5, 5.41) is 6.91. The lowest BCUT2D eigenvalue weighted by molar-refractivity contribution is 0.0963. The van der Waals surface area contributed by atoms with Gasteiger partial charge in [-0.1, -0.05) is 0 Å². The smallest absolute Gasteiger partial charge is 0.409 e. The fraction of sp³-hybridized carbons (Fsp3) is 0.857. The quantitative estimate of drug-likeness (QED) is 0.603. The molecule has 2 fully saturated rings. The summed E-state index contributed by atoms with van der Waals surface area (Å²) < 4.78 is 5.03. The molecule has 6 heteroatoms. The average Bonchev–Trinajstić information content (AvgIpc) is 3.24. The predicted octanol–water partition coefficient (Wildman–Crippen LogP) is 1.32. The lowest BCUT2D eigenvalue weighted by atomic mass is 10.1. The second-order valence-corrected chi connectivity index (χ2v) is 5.35. The number of likely N-dealkylation sites (tertiary alicyclic amines) is 1. The molecule has 0 aromatic heterocycles. The van der Waals surface area contributed by atoms with E-state index in [2.05, 4.69) is 15.6 Å². The number of rotatable bonds is 4. The van der Waals surface area contributed by atoms with Crippen molar-refractivity contribution in [1.82, 2.24) is 15.5 Å². The third-order valence-electron chi connectivity index (χ3n) is 3.60. The Balaban J connectivity index is 1.74. The molecule has 0 spiro atoms. The SMILES string of the molecule is CCN=C(NC1CC1)NC1CCN(C(=O)OCC)CC1. The van der Waals surface area contributed by atoms with Gasteiger partial charge in [0.25, 0.3) is 0 Å². The van der Waals surface area contributed by atoms with Crippen LogP contribution in [-0.2, 0) is 4.74 Å². The number of aliphatic imine (C=N–C) groups is 1. The number of carbonyl (C=O) groups is 1. The van der Waals surface area contributed by atoms with Crippen LogP contribution in [0.3, 0.4) is 0 Å². The first-order valence-corrected chi connectivity index (χ1v) is 7.72. The van der Waals surface area contributed by atoms with E-state index in [4.69, 9.17) is 4.74 Å². The van der Waals surface area contributed by atoms with Gasteiger partial charge in [-0.25, -0.2) is 4.79 Å².